The summed E-state index contributed by atoms with van der Waals surface area (Å²) in [6.45, 7) is 2.58. The van der Waals surface area contributed by atoms with E-state index in [4.69, 9.17) is 4.74 Å². The van der Waals surface area contributed by atoms with Crippen LogP contribution in [0.1, 0.15) is 25.6 Å². The number of rotatable bonds is 4. The van der Waals surface area contributed by atoms with E-state index in [9.17, 15) is 13.2 Å². The van der Waals surface area contributed by atoms with Crippen molar-refractivity contribution in [2.75, 3.05) is 11.9 Å². The van der Waals surface area contributed by atoms with Gasteiger partial charge in [0.2, 0.25) is 11.0 Å². The van der Waals surface area contributed by atoms with Crippen LogP contribution in [0.15, 0.2) is 0 Å². The molecule has 1 aliphatic rings. The molecule has 1 aliphatic carbocycles. The molecule has 1 aromatic heterocycles. The Labute approximate surface area is 100 Å². The summed E-state index contributed by atoms with van der Waals surface area (Å²) in [5.41, 5.74) is 0. The SMILES string of the molecule is CCOC1CC(Nc2nc(C(F)(F)F)ns2)C1. The first-order valence-electron chi connectivity index (χ1n) is 5.28. The molecule has 0 saturated heterocycles. The lowest BCUT2D eigenvalue weighted by Gasteiger charge is -2.35. The van der Waals surface area contributed by atoms with E-state index in [0.29, 0.717) is 6.61 Å². The minimum atomic E-state index is -4.47. The molecule has 0 aliphatic heterocycles. The molecule has 1 aromatic rings. The first-order valence-corrected chi connectivity index (χ1v) is 6.05. The molecule has 0 radical (unpaired) electrons. The van der Waals surface area contributed by atoms with Gasteiger partial charge in [0.15, 0.2) is 0 Å². The van der Waals surface area contributed by atoms with Crippen molar-refractivity contribution in [2.45, 2.75) is 38.1 Å². The van der Waals surface area contributed by atoms with Crippen LogP contribution in [0.5, 0.6) is 0 Å². The quantitative estimate of drug-likeness (QED) is 0.910. The van der Waals surface area contributed by atoms with E-state index in [1.54, 1.807) is 0 Å². The van der Waals surface area contributed by atoms with Crippen molar-refractivity contribution in [2.24, 2.45) is 0 Å². The van der Waals surface area contributed by atoms with E-state index in [-0.39, 0.29) is 17.3 Å². The highest BCUT2D eigenvalue weighted by molar-refractivity contribution is 7.09. The van der Waals surface area contributed by atoms with Gasteiger partial charge < -0.3 is 10.1 Å². The fourth-order valence-corrected chi connectivity index (χ4v) is 2.29. The second kappa shape index (κ2) is 4.77. The van der Waals surface area contributed by atoms with E-state index in [1.165, 1.54) is 0 Å². The molecule has 0 spiro atoms. The highest BCUT2D eigenvalue weighted by atomic mass is 32.1. The second-order valence-corrected chi connectivity index (χ2v) is 4.56. The number of hydrogen-bond donors (Lipinski definition) is 1. The van der Waals surface area contributed by atoms with Gasteiger partial charge in [-0.25, -0.2) is 0 Å². The average molecular weight is 267 g/mol. The first kappa shape index (κ1) is 12.6. The van der Waals surface area contributed by atoms with Gasteiger partial charge in [-0.05, 0) is 19.8 Å². The summed E-state index contributed by atoms with van der Waals surface area (Å²) in [6, 6.07) is 0.139. The van der Waals surface area contributed by atoms with Crippen LogP contribution in [0.3, 0.4) is 0 Å². The van der Waals surface area contributed by atoms with Gasteiger partial charge in [0.05, 0.1) is 6.10 Å². The molecule has 0 amide bonds. The second-order valence-electron chi connectivity index (χ2n) is 3.81. The Kier molecular flexibility index (Phi) is 3.53. The first-order chi connectivity index (χ1) is 7.99. The zero-order valence-corrected chi connectivity index (χ0v) is 9.94. The lowest BCUT2D eigenvalue weighted by Crippen LogP contribution is -2.40. The molecular weight excluding hydrogens is 255 g/mol. The number of hydrogen-bond acceptors (Lipinski definition) is 5. The van der Waals surface area contributed by atoms with Crippen molar-refractivity contribution in [1.29, 1.82) is 0 Å². The van der Waals surface area contributed by atoms with E-state index < -0.39 is 12.0 Å². The third-order valence-electron chi connectivity index (χ3n) is 2.50. The maximum Gasteiger partial charge on any atom is 0.452 e. The maximum absolute atomic E-state index is 12.2. The summed E-state index contributed by atoms with van der Waals surface area (Å²) >= 11 is 0.736. The van der Waals surface area contributed by atoms with Crippen molar-refractivity contribution in [3.63, 3.8) is 0 Å². The van der Waals surface area contributed by atoms with Crippen LogP contribution in [0.25, 0.3) is 0 Å². The van der Waals surface area contributed by atoms with Crippen LogP contribution in [0.2, 0.25) is 0 Å². The van der Waals surface area contributed by atoms with Gasteiger partial charge in [0, 0.05) is 24.2 Å². The molecule has 1 N–H and O–H groups in total. The number of ether oxygens (including phenoxy) is 1. The predicted octanol–water partition coefficient (Wildman–Crippen LogP) is 2.54. The molecule has 1 heterocycles. The molecule has 1 saturated carbocycles. The summed E-state index contributed by atoms with van der Waals surface area (Å²) in [6.07, 6.45) is -2.65. The molecule has 4 nitrogen and oxygen atoms in total. The van der Waals surface area contributed by atoms with E-state index >= 15 is 0 Å². The molecular formula is C9H12F3N3OS. The van der Waals surface area contributed by atoms with Crippen molar-refractivity contribution >= 4 is 16.7 Å². The Bertz CT molecular complexity index is 376. The standard InChI is InChI=1S/C9H12F3N3OS/c1-2-16-6-3-5(4-6)13-8-14-7(15-17-8)9(10,11)12/h5-6H,2-4H2,1H3,(H,13,14,15). The van der Waals surface area contributed by atoms with Crippen LogP contribution < -0.4 is 5.32 Å². The third-order valence-corrected chi connectivity index (χ3v) is 3.15. The van der Waals surface area contributed by atoms with Gasteiger partial charge in [-0.3, -0.25) is 0 Å². The average Bonchev–Trinajstić information content (AvgIpc) is 2.62. The molecule has 96 valence electrons. The molecule has 0 aromatic carbocycles. The van der Waals surface area contributed by atoms with Crippen LogP contribution >= 0.6 is 11.5 Å². The zero-order valence-electron chi connectivity index (χ0n) is 9.12. The van der Waals surface area contributed by atoms with Crippen LogP contribution in [0, 0.1) is 0 Å². The Balaban J connectivity index is 1.83. The molecule has 2 rings (SSSR count). The van der Waals surface area contributed by atoms with Gasteiger partial charge in [0.1, 0.15) is 0 Å². The van der Waals surface area contributed by atoms with E-state index in [0.717, 1.165) is 24.4 Å². The Morgan fingerprint density at radius 1 is 1.47 bits per heavy atom. The number of aromatic nitrogens is 2. The minimum absolute atomic E-state index is 0.139. The lowest BCUT2D eigenvalue weighted by molar-refractivity contribution is -0.144. The summed E-state index contributed by atoms with van der Waals surface area (Å²) in [4.78, 5) is 3.40. The number of alkyl halides is 3. The molecule has 8 heteroatoms. The monoisotopic (exact) mass is 267 g/mol. The van der Waals surface area contributed by atoms with Crippen molar-refractivity contribution in [1.82, 2.24) is 9.36 Å². The van der Waals surface area contributed by atoms with Crippen molar-refractivity contribution in [3.8, 4) is 0 Å². The van der Waals surface area contributed by atoms with Gasteiger partial charge in [-0.1, -0.05) is 0 Å². The third kappa shape index (κ3) is 3.06. The number of anilines is 1. The summed E-state index contributed by atoms with van der Waals surface area (Å²) in [5, 5.41) is 3.14. The normalized spacial score (nSPS) is 24.5. The van der Waals surface area contributed by atoms with Crippen LogP contribution in [-0.4, -0.2) is 28.1 Å². The van der Waals surface area contributed by atoms with Gasteiger partial charge in [-0.15, -0.1) is 0 Å². The summed E-state index contributed by atoms with van der Waals surface area (Å²) < 4.78 is 45.3. The fraction of sp³-hybridized carbons (Fsp3) is 0.778. The van der Waals surface area contributed by atoms with Gasteiger partial charge in [-0.2, -0.15) is 22.5 Å². The summed E-state index contributed by atoms with van der Waals surface area (Å²) in [7, 11) is 0. The Morgan fingerprint density at radius 2 is 2.18 bits per heavy atom. The smallest absolute Gasteiger partial charge is 0.378 e. The molecule has 1 fully saturated rings. The number of nitrogens with one attached hydrogen (secondary N) is 1. The topological polar surface area (TPSA) is 47.0 Å². The fourth-order valence-electron chi connectivity index (χ4n) is 1.63. The number of nitrogens with zero attached hydrogens (tertiary/aromatic N) is 2. The zero-order chi connectivity index (χ0) is 12.5. The Hall–Kier alpha value is -0.890. The van der Waals surface area contributed by atoms with E-state index in [1.807, 2.05) is 6.92 Å². The van der Waals surface area contributed by atoms with E-state index in [2.05, 4.69) is 14.7 Å². The van der Waals surface area contributed by atoms with Crippen molar-refractivity contribution in [3.05, 3.63) is 5.82 Å². The molecule has 0 atom stereocenters. The maximum atomic E-state index is 12.2. The number of halogens is 3. The highest BCUT2D eigenvalue weighted by Crippen LogP contribution is 2.31. The molecule has 0 bridgehead atoms. The van der Waals surface area contributed by atoms with Crippen LogP contribution in [-0.2, 0) is 10.9 Å². The highest BCUT2D eigenvalue weighted by Gasteiger charge is 2.37. The molecule has 0 unspecified atom stereocenters. The molecule has 17 heavy (non-hydrogen) atoms. The largest absolute Gasteiger partial charge is 0.452 e. The summed E-state index contributed by atoms with van der Waals surface area (Å²) in [5.74, 6) is -1.08. The predicted molar refractivity (Wildman–Crippen MR) is 57.0 cm³/mol. The van der Waals surface area contributed by atoms with Crippen molar-refractivity contribution < 1.29 is 17.9 Å². The Morgan fingerprint density at radius 3 is 2.71 bits per heavy atom. The minimum Gasteiger partial charge on any atom is -0.378 e. The van der Waals surface area contributed by atoms with Gasteiger partial charge in [0.25, 0.3) is 0 Å². The van der Waals surface area contributed by atoms with Gasteiger partial charge >= 0.3 is 6.18 Å². The lowest BCUT2D eigenvalue weighted by atomic mass is 9.89. The van der Waals surface area contributed by atoms with Crippen LogP contribution in [0.4, 0.5) is 18.3 Å².